The minimum absolute atomic E-state index is 0. The molecule has 0 spiro atoms. The summed E-state index contributed by atoms with van der Waals surface area (Å²) in [6.07, 6.45) is 0.445. The first kappa shape index (κ1) is 20.7. The maximum absolute atomic E-state index is 12.7. The van der Waals surface area contributed by atoms with Crippen molar-refractivity contribution in [3.8, 4) is 0 Å². The van der Waals surface area contributed by atoms with Crippen LogP contribution in [-0.4, -0.2) is 42.4 Å². The van der Waals surface area contributed by atoms with Crippen molar-refractivity contribution in [2.75, 3.05) is 25.0 Å². The lowest BCUT2D eigenvalue weighted by Gasteiger charge is -2.34. The third kappa shape index (κ3) is 5.36. The Balaban J connectivity index is 0.00000288. The van der Waals surface area contributed by atoms with E-state index >= 15 is 0 Å². The second-order valence-electron chi connectivity index (χ2n) is 6.39. The van der Waals surface area contributed by atoms with Crippen molar-refractivity contribution in [1.29, 1.82) is 0 Å². The predicted molar refractivity (Wildman–Crippen MR) is 100 cm³/mol. The predicted octanol–water partition coefficient (Wildman–Crippen LogP) is 3.18. The van der Waals surface area contributed by atoms with E-state index < -0.39 is 0 Å². The molecule has 5 nitrogen and oxygen atoms in total. The molecule has 24 heavy (non-hydrogen) atoms. The van der Waals surface area contributed by atoms with Gasteiger partial charge in [0, 0.05) is 37.8 Å². The van der Waals surface area contributed by atoms with Gasteiger partial charge in [-0.25, -0.2) is 0 Å². The molecule has 1 aliphatic heterocycles. The molecule has 0 aromatic heterocycles. The third-order valence-electron chi connectivity index (χ3n) is 3.84. The minimum Gasteiger partial charge on any atom is -0.333 e. The molecule has 1 atom stereocenters. The summed E-state index contributed by atoms with van der Waals surface area (Å²) in [6.45, 7) is 8.18. The lowest BCUT2D eigenvalue weighted by molar-refractivity contribution is -0.116. The van der Waals surface area contributed by atoms with E-state index in [1.165, 1.54) is 0 Å². The molecular weight excluding hydrogens is 349 g/mol. The van der Waals surface area contributed by atoms with Gasteiger partial charge in [-0.3, -0.25) is 9.59 Å². The first-order valence-corrected chi connectivity index (χ1v) is 8.37. The molecule has 2 amide bonds. The van der Waals surface area contributed by atoms with Crippen LogP contribution in [0.25, 0.3) is 0 Å². The van der Waals surface area contributed by atoms with E-state index in [9.17, 15) is 9.59 Å². The van der Waals surface area contributed by atoms with Gasteiger partial charge in [0.1, 0.15) is 0 Å². The first-order valence-electron chi connectivity index (χ1n) is 7.99. The van der Waals surface area contributed by atoms with Crippen molar-refractivity contribution in [1.82, 2.24) is 10.2 Å². The number of hydrogen-bond donors (Lipinski definition) is 2. The molecule has 1 aromatic rings. The molecule has 134 valence electrons. The summed E-state index contributed by atoms with van der Waals surface area (Å²) in [6, 6.07) is 5.16. The fourth-order valence-corrected chi connectivity index (χ4v) is 2.85. The molecule has 1 saturated heterocycles. The zero-order chi connectivity index (χ0) is 17.0. The molecule has 1 heterocycles. The van der Waals surface area contributed by atoms with Crippen LogP contribution in [0.5, 0.6) is 0 Å². The number of hydrogen-bond acceptors (Lipinski definition) is 3. The monoisotopic (exact) mass is 373 g/mol. The van der Waals surface area contributed by atoms with Gasteiger partial charge in [-0.1, -0.05) is 25.4 Å². The van der Waals surface area contributed by atoms with E-state index in [1.807, 2.05) is 25.7 Å². The number of rotatable bonds is 4. The highest BCUT2D eigenvalue weighted by Gasteiger charge is 2.25. The number of nitrogens with one attached hydrogen (secondary N) is 2. The number of piperazine rings is 1. The highest BCUT2D eigenvalue weighted by atomic mass is 35.5. The Morgan fingerprint density at radius 1 is 1.42 bits per heavy atom. The third-order valence-corrected chi connectivity index (χ3v) is 4.17. The largest absolute Gasteiger partial charge is 0.333 e. The maximum atomic E-state index is 12.7. The van der Waals surface area contributed by atoms with E-state index in [-0.39, 0.29) is 36.2 Å². The minimum atomic E-state index is -0.0936. The molecule has 1 unspecified atom stereocenters. The summed E-state index contributed by atoms with van der Waals surface area (Å²) in [5.41, 5.74) is 1.04. The van der Waals surface area contributed by atoms with Crippen molar-refractivity contribution >= 4 is 41.5 Å². The van der Waals surface area contributed by atoms with Gasteiger partial charge < -0.3 is 15.5 Å². The second kappa shape index (κ2) is 9.25. The number of amides is 2. The zero-order valence-corrected chi connectivity index (χ0v) is 15.8. The van der Waals surface area contributed by atoms with Crippen LogP contribution in [0.3, 0.4) is 0 Å². The Kier molecular flexibility index (Phi) is 8.00. The van der Waals surface area contributed by atoms with Crippen LogP contribution >= 0.6 is 24.0 Å². The smallest absolute Gasteiger partial charge is 0.255 e. The van der Waals surface area contributed by atoms with Crippen LogP contribution in [0.2, 0.25) is 5.02 Å². The SMILES string of the molecule is CC(C)CC(=O)Nc1ccc(Cl)c(C(=O)N2CCNCC2C)c1.Cl. The van der Waals surface area contributed by atoms with Crippen molar-refractivity contribution in [2.45, 2.75) is 33.2 Å². The average Bonchev–Trinajstić information content (AvgIpc) is 2.48. The van der Waals surface area contributed by atoms with Crippen LogP contribution in [-0.2, 0) is 4.79 Å². The Morgan fingerprint density at radius 2 is 2.12 bits per heavy atom. The first-order chi connectivity index (χ1) is 10.9. The summed E-state index contributed by atoms with van der Waals surface area (Å²) in [5.74, 6) is 0.130. The second-order valence-corrected chi connectivity index (χ2v) is 6.80. The van der Waals surface area contributed by atoms with Crippen LogP contribution in [0.15, 0.2) is 18.2 Å². The molecule has 7 heteroatoms. The van der Waals surface area contributed by atoms with Crippen molar-refractivity contribution < 1.29 is 9.59 Å². The lowest BCUT2D eigenvalue weighted by Crippen LogP contribution is -2.52. The topological polar surface area (TPSA) is 61.4 Å². The molecule has 0 aliphatic carbocycles. The summed E-state index contributed by atoms with van der Waals surface area (Å²) in [7, 11) is 0. The molecule has 1 fully saturated rings. The number of halogens is 2. The number of carbonyl (C=O) groups is 2. The Labute approximate surface area is 154 Å². The molecular formula is C17H25Cl2N3O2. The van der Waals surface area contributed by atoms with Gasteiger partial charge >= 0.3 is 0 Å². The van der Waals surface area contributed by atoms with Gasteiger partial charge in [-0.2, -0.15) is 0 Å². The Bertz CT molecular complexity index is 593. The summed E-state index contributed by atoms with van der Waals surface area (Å²) < 4.78 is 0. The fraction of sp³-hybridized carbons (Fsp3) is 0.529. The lowest BCUT2D eigenvalue weighted by atomic mass is 10.1. The maximum Gasteiger partial charge on any atom is 0.255 e. The number of carbonyl (C=O) groups excluding carboxylic acids is 2. The van der Waals surface area contributed by atoms with Gasteiger partial charge in [0.15, 0.2) is 0 Å². The van der Waals surface area contributed by atoms with Gasteiger partial charge in [0.2, 0.25) is 5.91 Å². The number of benzene rings is 1. The zero-order valence-electron chi connectivity index (χ0n) is 14.3. The molecule has 2 rings (SSSR count). The highest BCUT2D eigenvalue weighted by molar-refractivity contribution is 6.34. The van der Waals surface area contributed by atoms with E-state index in [0.29, 0.717) is 29.2 Å². The van der Waals surface area contributed by atoms with E-state index in [2.05, 4.69) is 10.6 Å². The standard InChI is InChI=1S/C17H24ClN3O2.ClH/c1-11(2)8-16(22)20-13-4-5-15(18)14(9-13)17(23)21-7-6-19-10-12(21)3;/h4-5,9,11-12,19H,6-8,10H2,1-3H3,(H,20,22);1H. The van der Waals surface area contributed by atoms with Crippen LogP contribution in [0, 0.1) is 5.92 Å². The fourth-order valence-electron chi connectivity index (χ4n) is 2.65. The molecule has 1 aliphatic rings. The van der Waals surface area contributed by atoms with Crippen LogP contribution in [0.1, 0.15) is 37.6 Å². The summed E-state index contributed by atoms with van der Waals surface area (Å²) in [5, 5.41) is 6.49. The summed E-state index contributed by atoms with van der Waals surface area (Å²) in [4.78, 5) is 26.5. The molecule has 2 N–H and O–H groups in total. The van der Waals surface area contributed by atoms with Gasteiger partial charge in [-0.15, -0.1) is 12.4 Å². The highest BCUT2D eigenvalue weighted by Crippen LogP contribution is 2.23. The van der Waals surface area contributed by atoms with Gasteiger partial charge in [0.25, 0.3) is 5.91 Å². The molecule has 0 saturated carbocycles. The Morgan fingerprint density at radius 3 is 2.75 bits per heavy atom. The van der Waals surface area contributed by atoms with E-state index in [1.54, 1.807) is 18.2 Å². The average molecular weight is 374 g/mol. The number of nitrogens with zero attached hydrogens (tertiary/aromatic N) is 1. The number of anilines is 1. The van der Waals surface area contributed by atoms with Crippen molar-refractivity contribution in [3.05, 3.63) is 28.8 Å². The van der Waals surface area contributed by atoms with Crippen LogP contribution < -0.4 is 10.6 Å². The van der Waals surface area contributed by atoms with Crippen molar-refractivity contribution in [2.24, 2.45) is 5.92 Å². The van der Waals surface area contributed by atoms with Gasteiger partial charge in [0.05, 0.1) is 10.6 Å². The molecule has 0 radical (unpaired) electrons. The molecule has 1 aromatic carbocycles. The normalized spacial score (nSPS) is 17.4. The quantitative estimate of drug-likeness (QED) is 0.851. The summed E-state index contributed by atoms with van der Waals surface area (Å²) >= 11 is 6.20. The molecule has 0 bridgehead atoms. The van der Waals surface area contributed by atoms with E-state index in [0.717, 1.165) is 13.1 Å². The van der Waals surface area contributed by atoms with Crippen LogP contribution in [0.4, 0.5) is 5.69 Å². The Hall–Kier alpha value is -1.30. The van der Waals surface area contributed by atoms with E-state index in [4.69, 9.17) is 11.6 Å². The van der Waals surface area contributed by atoms with Crippen molar-refractivity contribution in [3.63, 3.8) is 0 Å². The van der Waals surface area contributed by atoms with Gasteiger partial charge in [-0.05, 0) is 31.0 Å².